The van der Waals surface area contributed by atoms with E-state index >= 15 is 0 Å². The molecule has 6 heteroatoms. The summed E-state index contributed by atoms with van der Waals surface area (Å²) in [6.07, 6.45) is 2.12. The van der Waals surface area contributed by atoms with Gasteiger partial charge in [0.25, 0.3) is 5.91 Å². The first kappa shape index (κ1) is 22.2. The van der Waals surface area contributed by atoms with E-state index < -0.39 is 0 Å². The van der Waals surface area contributed by atoms with E-state index in [-0.39, 0.29) is 23.8 Å². The summed E-state index contributed by atoms with van der Waals surface area (Å²) < 4.78 is 0. The zero-order chi connectivity index (χ0) is 22.8. The highest BCUT2D eigenvalue weighted by atomic mass is 16.2. The number of aryl methyl sites for hydroxylation is 3. The summed E-state index contributed by atoms with van der Waals surface area (Å²) >= 11 is 0. The minimum absolute atomic E-state index is 0.00611. The number of nitrogens with two attached hydrogens (primary N) is 1. The lowest BCUT2D eigenvalue weighted by atomic mass is 9.94. The van der Waals surface area contributed by atoms with Crippen LogP contribution in [0.1, 0.15) is 53.1 Å². The molecule has 6 nitrogen and oxygen atoms in total. The number of piperidine rings is 1. The van der Waals surface area contributed by atoms with Crippen molar-refractivity contribution in [3.63, 3.8) is 0 Å². The summed E-state index contributed by atoms with van der Waals surface area (Å²) in [6, 6.07) is 14.6. The fourth-order valence-electron chi connectivity index (χ4n) is 4.64. The zero-order valence-electron chi connectivity index (χ0n) is 19.2. The van der Waals surface area contributed by atoms with Crippen LogP contribution in [0.2, 0.25) is 0 Å². The molecule has 32 heavy (non-hydrogen) atoms. The van der Waals surface area contributed by atoms with Gasteiger partial charge in [-0.15, -0.1) is 0 Å². The first-order valence-corrected chi connectivity index (χ1v) is 11.4. The number of carbonyl (C=O) groups is 2. The summed E-state index contributed by atoms with van der Waals surface area (Å²) in [5, 5.41) is 6.53. The molecule has 0 aromatic heterocycles. The molecule has 1 saturated heterocycles. The van der Waals surface area contributed by atoms with Gasteiger partial charge in [0, 0.05) is 17.9 Å². The Morgan fingerprint density at radius 2 is 1.66 bits per heavy atom. The van der Waals surface area contributed by atoms with E-state index in [4.69, 9.17) is 10.8 Å². The summed E-state index contributed by atoms with van der Waals surface area (Å²) in [6.45, 7) is 7.94. The Balaban J connectivity index is 1.57. The van der Waals surface area contributed by atoms with Gasteiger partial charge in [-0.3, -0.25) is 14.5 Å². The lowest BCUT2D eigenvalue weighted by Crippen LogP contribution is -2.44. The van der Waals surface area contributed by atoms with Crippen LogP contribution in [0.3, 0.4) is 0 Å². The molecular weight excluding hydrogens is 400 g/mol. The highest BCUT2D eigenvalue weighted by Crippen LogP contribution is 2.34. The van der Waals surface area contributed by atoms with Crippen LogP contribution in [0.4, 0.5) is 0 Å². The van der Waals surface area contributed by atoms with Gasteiger partial charge in [-0.2, -0.15) is 5.10 Å². The number of carbonyl (C=O) groups excluding carboxylic acids is 2. The number of hydrogen-bond acceptors (Lipinski definition) is 4. The van der Waals surface area contributed by atoms with E-state index in [2.05, 4.69) is 68.1 Å². The third-order valence-electron chi connectivity index (χ3n) is 6.68. The first-order chi connectivity index (χ1) is 15.3. The predicted molar refractivity (Wildman–Crippen MR) is 126 cm³/mol. The molecule has 1 unspecified atom stereocenters. The number of benzene rings is 2. The molecule has 0 saturated carbocycles. The summed E-state index contributed by atoms with van der Waals surface area (Å²) in [4.78, 5) is 27.0. The van der Waals surface area contributed by atoms with Crippen molar-refractivity contribution < 1.29 is 9.59 Å². The van der Waals surface area contributed by atoms with Gasteiger partial charge < -0.3 is 5.73 Å². The molecule has 2 heterocycles. The van der Waals surface area contributed by atoms with Crippen molar-refractivity contribution in [1.29, 1.82) is 0 Å². The highest BCUT2D eigenvalue weighted by Gasteiger charge is 2.35. The minimum atomic E-state index is -0.238. The number of nitrogens with zero attached hydrogens (tertiary/aromatic N) is 3. The van der Waals surface area contributed by atoms with Gasteiger partial charge in [-0.05, 0) is 63.9 Å². The molecule has 4 rings (SSSR count). The third-order valence-corrected chi connectivity index (χ3v) is 6.68. The molecule has 0 aliphatic carbocycles. The van der Waals surface area contributed by atoms with E-state index in [1.807, 2.05) is 0 Å². The van der Waals surface area contributed by atoms with E-state index in [0.29, 0.717) is 38.9 Å². The predicted octanol–water partition coefficient (Wildman–Crippen LogP) is 3.49. The molecule has 2 aliphatic rings. The van der Waals surface area contributed by atoms with Crippen LogP contribution in [-0.2, 0) is 9.59 Å². The van der Waals surface area contributed by atoms with E-state index in [1.54, 1.807) is 5.01 Å². The van der Waals surface area contributed by atoms with Crippen LogP contribution in [-0.4, -0.2) is 47.1 Å². The number of hydrogen-bond donors (Lipinski definition) is 1. The van der Waals surface area contributed by atoms with Gasteiger partial charge >= 0.3 is 0 Å². The second kappa shape index (κ2) is 9.25. The molecule has 0 spiro atoms. The average molecular weight is 433 g/mol. The van der Waals surface area contributed by atoms with Crippen LogP contribution in [0.5, 0.6) is 0 Å². The fourth-order valence-corrected chi connectivity index (χ4v) is 4.64. The van der Waals surface area contributed by atoms with Crippen molar-refractivity contribution in [3.8, 4) is 0 Å². The smallest absolute Gasteiger partial charge is 0.257 e. The summed E-state index contributed by atoms with van der Waals surface area (Å²) in [5.41, 5.74) is 12.2. The van der Waals surface area contributed by atoms with Crippen molar-refractivity contribution in [2.75, 3.05) is 19.6 Å². The molecule has 1 fully saturated rings. The largest absolute Gasteiger partial charge is 0.369 e. The van der Waals surface area contributed by atoms with Gasteiger partial charge in [0.15, 0.2) is 0 Å². The second-order valence-electron chi connectivity index (χ2n) is 9.19. The highest BCUT2D eigenvalue weighted by molar-refractivity contribution is 6.04. The maximum Gasteiger partial charge on any atom is 0.257 e. The van der Waals surface area contributed by atoms with Gasteiger partial charge in [-0.1, -0.05) is 47.5 Å². The Bertz CT molecular complexity index is 1040. The molecule has 2 amide bonds. The second-order valence-corrected chi connectivity index (χ2v) is 9.19. The molecule has 2 aliphatic heterocycles. The number of likely N-dealkylation sites (tertiary alicyclic amines) is 1. The normalized spacial score (nSPS) is 19.8. The number of primary amides is 1. The van der Waals surface area contributed by atoms with E-state index in [1.165, 1.54) is 16.7 Å². The van der Waals surface area contributed by atoms with Crippen LogP contribution in [0.15, 0.2) is 47.6 Å². The lowest BCUT2D eigenvalue weighted by Gasteiger charge is -2.31. The Labute approximate surface area is 190 Å². The molecular formula is C26H32N4O2. The van der Waals surface area contributed by atoms with Crippen LogP contribution in [0, 0.1) is 26.7 Å². The van der Waals surface area contributed by atoms with Crippen molar-refractivity contribution in [1.82, 2.24) is 9.91 Å². The van der Waals surface area contributed by atoms with Crippen LogP contribution in [0.25, 0.3) is 0 Å². The van der Waals surface area contributed by atoms with E-state index in [0.717, 1.165) is 16.8 Å². The van der Waals surface area contributed by atoms with Crippen LogP contribution >= 0.6 is 0 Å². The lowest BCUT2D eigenvalue weighted by molar-refractivity contribution is -0.134. The Hall–Kier alpha value is -2.99. The maximum absolute atomic E-state index is 13.4. The molecule has 2 N–H and O–H groups in total. The molecule has 1 atom stereocenters. The van der Waals surface area contributed by atoms with Gasteiger partial charge in [-0.25, -0.2) is 5.01 Å². The topological polar surface area (TPSA) is 79.0 Å². The number of rotatable bonds is 5. The third kappa shape index (κ3) is 4.75. The minimum Gasteiger partial charge on any atom is -0.369 e. The van der Waals surface area contributed by atoms with Crippen molar-refractivity contribution in [3.05, 3.63) is 70.3 Å². The molecule has 168 valence electrons. The van der Waals surface area contributed by atoms with Gasteiger partial charge in [0.2, 0.25) is 5.91 Å². The van der Waals surface area contributed by atoms with Crippen molar-refractivity contribution in [2.24, 2.45) is 16.8 Å². The standard InChI is InChI=1S/C26H32N4O2/c1-17-5-8-20(9-6-17)24-15-23(22-14-18(2)4-7-19(22)3)28-30(24)25(31)16-29-12-10-21(11-13-29)26(27)32/h4-9,14,21,24H,10-13,15-16H2,1-3H3,(H2,27,32). The molecule has 0 radical (unpaired) electrons. The Morgan fingerprint density at radius 3 is 2.31 bits per heavy atom. The molecule has 0 bridgehead atoms. The van der Waals surface area contributed by atoms with E-state index in [9.17, 15) is 9.59 Å². The number of hydrazone groups is 1. The Morgan fingerprint density at radius 1 is 1.00 bits per heavy atom. The quantitative estimate of drug-likeness (QED) is 0.786. The molecule has 2 aromatic carbocycles. The van der Waals surface area contributed by atoms with Crippen molar-refractivity contribution in [2.45, 2.75) is 46.1 Å². The summed E-state index contributed by atoms with van der Waals surface area (Å²) in [5.74, 6) is -0.325. The Kier molecular flexibility index (Phi) is 6.42. The average Bonchev–Trinajstić information content (AvgIpc) is 3.22. The van der Waals surface area contributed by atoms with Crippen LogP contribution < -0.4 is 5.73 Å². The first-order valence-electron chi connectivity index (χ1n) is 11.4. The summed E-state index contributed by atoms with van der Waals surface area (Å²) in [7, 11) is 0. The van der Waals surface area contributed by atoms with Crippen molar-refractivity contribution >= 4 is 17.5 Å². The monoisotopic (exact) mass is 432 g/mol. The number of amides is 2. The molecule has 2 aromatic rings. The maximum atomic E-state index is 13.4. The SMILES string of the molecule is Cc1ccc(C2CC(c3cc(C)ccc3C)=NN2C(=O)CN2CCC(C(N)=O)CC2)cc1. The zero-order valence-corrected chi connectivity index (χ0v) is 19.2. The fraction of sp³-hybridized carbons (Fsp3) is 0.423. The van der Waals surface area contributed by atoms with Gasteiger partial charge in [0.1, 0.15) is 0 Å². The van der Waals surface area contributed by atoms with Gasteiger partial charge in [0.05, 0.1) is 18.3 Å².